The number of piperazine rings is 1. The first kappa shape index (κ1) is 26.6. The van der Waals surface area contributed by atoms with Crippen molar-refractivity contribution in [3.05, 3.63) is 62.5 Å². The highest BCUT2D eigenvalue weighted by atomic mass is 79.9. The fourth-order valence-electron chi connectivity index (χ4n) is 4.29. The summed E-state index contributed by atoms with van der Waals surface area (Å²) in [4.78, 5) is 16.7. The number of ether oxygens (including phenoxy) is 1. The molecular weight excluding hydrogens is 569 g/mol. The number of rotatable bonds is 4. The number of anilines is 1. The number of carbonyl (C=O) groups is 1. The largest absolute Gasteiger partial charge is 0.370 e. The zero-order valence-corrected chi connectivity index (χ0v) is 22.0. The monoisotopic (exact) mass is 593 g/mol. The summed E-state index contributed by atoms with van der Waals surface area (Å²) in [5.74, 6) is 0.0509. The van der Waals surface area contributed by atoms with Crippen LogP contribution in [-0.2, 0) is 16.1 Å². The van der Waals surface area contributed by atoms with Gasteiger partial charge in [-0.3, -0.25) is 9.69 Å². The van der Waals surface area contributed by atoms with Gasteiger partial charge in [0.25, 0.3) is 0 Å². The van der Waals surface area contributed by atoms with Gasteiger partial charge in [-0.25, -0.2) is 0 Å². The van der Waals surface area contributed by atoms with Crippen LogP contribution in [-0.4, -0.2) is 49.6 Å². The number of carbonyl (C=O) groups excluding carboxylic acids is 1. The molecule has 0 spiro atoms. The molecule has 0 radical (unpaired) electrons. The second-order valence-electron chi connectivity index (χ2n) is 7.55. The van der Waals surface area contributed by atoms with Crippen molar-refractivity contribution >= 4 is 68.3 Å². The van der Waals surface area contributed by atoms with Gasteiger partial charge in [0.2, 0.25) is 5.91 Å². The van der Waals surface area contributed by atoms with Crippen LogP contribution in [0.25, 0.3) is 0 Å². The normalized spacial score (nSPS) is 20.9. The first-order valence-electron chi connectivity index (χ1n) is 9.91. The lowest BCUT2D eigenvalue weighted by atomic mass is 9.92. The third kappa shape index (κ3) is 6.22. The van der Waals surface area contributed by atoms with Crippen molar-refractivity contribution in [1.29, 1.82) is 0 Å². The van der Waals surface area contributed by atoms with Crippen molar-refractivity contribution in [2.24, 2.45) is 0 Å². The molecule has 2 unspecified atom stereocenters. The summed E-state index contributed by atoms with van der Waals surface area (Å²) < 4.78 is 8.52. The molecule has 0 bridgehead atoms. The van der Waals surface area contributed by atoms with Crippen molar-refractivity contribution in [3.63, 3.8) is 0 Å². The predicted octanol–water partition coefficient (Wildman–Crippen LogP) is 4.95. The molecule has 1 N–H and O–H groups in total. The summed E-state index contributed by atoms with van der Waals surface area (Å²) in [5.41, 5.74) is 3.28. The van der Waals surface area contributed by atoms with E-state index in [-0.39, 0.29) is 42.9 Å². The van der Waals surface area contributed by atoms with Crippen LogP contribution in [0.1, 0.15) is 24.1 Å². The first-order valence-corrected chi connectivity index (χ1v) is 11.5. The van der Waals surface area contributed by atoms with E-state index in [2.05, 4.69) is 66.3 Å². The average Bonchev–Trinajstić information content (AvgIpc) is 2.71. The molecule has 170 valence electrons. The van der Waals surface area contributed by atoms with Crippen LogP contribution in [0, 0.1) is 0 Å². The Morgan fingerprint density at radius 2 is 1.74 bits per heavy atom. The topological polar surface area (TPSA) is 44.8 Å². The number of hydrogen-bond donors (Lipinski definition) is 1. The van der Waals surface area contributed by atoms with Crippen LogP contribution >= 0.6 is 56.7 Å². The Balaban J connectivity index is 0.00000171. The van der Waals surface area contributed by atoms with Crippen LogP contribution in [0.4, 0.5) is 5.69 Å². The van der Waals surface area contributed by atoms with Gasteiger partial charge in [0.05, 0.1) is 25.3 Å². The fourth-order valence-corrected chi connectivity index (χ4v) is 5.68. The van der Waals surface area contributed by atoms with Crippen LogP contribution in [0.15, 0.2) is 51.4 Å². The standard InChI is InChI=1S/C22H25Br2N3O2.2ClH/c1-15(28)27-13-21(29-14-16-10-17(23)12-18(24)11-16)22(26-8-6-25-7-9-26)19-4-2-3-5-20(19)27;;/h2-5,10-12,21-22,25H,6-9,13-14H2,1H3;2*1H. The highest BCUT2D eigenvalue weighted by Crippen LogP contribution is 2.39. The third-order valence-corrected chi connectivity index (χ3v) is 6.49. The predicted molar refractivity (Wildman–Crippen MR) is 137 cm³/mol. The quantitative estimate of drug-likeness (QED) is 0.543. The molecule has 2 aliphatic rings. The van der Waals surface area contributed by atoms with Gasteiger partial charge in [0, 0.05) is 47.7 Å². The van der Waals surface area contributed by atoms with Gasteiger partial charge in [0.1, 0.15) is 0 Å². The van der Waals surface area contributed by atoms with Crippen molar-refractivity contribution in [2.75, 3.05) is 37.6 Å². The van der Waals surface area contributed by atoms with Crippen LogP contribution in [0.5, 0.6) is 0 Å². The second-order valence-corrected chi connectivity index (χ2v) is 9.38. The van der Waals surface area contributed by atoms with Crippen LogP contribution in [0.3, 0.4) is 0 Å². The minimum Gasteiger partial charge on any atom is -0.370 e. The van der Waals surface area contributed by atoms with E-state index in [4.69, 9.17) is 4.74 Å². The van der Waals surface area contributed by atoms with E-state index >= 15 is 0 Å². The molecule has 2 atom stereocenters. The van der Waals surface area contributed by atoms with E-state index in [1.165, 1.54) is 5.56 Å². The molecule has 1 saturated heterocycles. The number of para-hydroxylation sites is 1. The number of nitrogens with zero attached hydrogens (tertiary/aromatic N) is 2. The molecule has 2 aliphatic heterocycles. The van der Waals surface area contributed by atoms with Crippen LogP contribution < -0.4 is 10.2 Å². The Morgan fingerprint density at radius 1 is 1.10 bits per heavy atom. The van der Waals surface area contributed by atoms with E-state index < -0.39 is 0 Å². The van der Waals surface area contributed by atoms with Gasteiger partial charge >= 0.3 is 0 Å². The zero-order valence-electron chi connectivity index (χ0n) is 17.2. The molecule has 9 heteroatoms. The van der Waals surface area contributed by atoms with Gasteiger partial charge in [0.15, 0.2) is 0 Å². The third-order valence-electron chi connectivity index (χ3n) is 5.57. The second kappa shape index (κ2) is 12.0. The molecule has 4 rings (SSSR count). The molecule has 1 amide bonds. The summed E-state index contributed by atoms with van der Waals surface area (Å²) >= 11 is 7.10. The zero-order chi connectivity index (χ0) is 20.4. The van der Waals surface area contributed by atoms with Crippen LogP contribution in [0.2, 0.25) is 0 Å². The fraction of sp³-hybridized carbons (Fsp3) is 0.409. The average molecular weight is 596 g/mol. The maximum Gasteiger partial charge on any atom is 0.223 e. The Kier molecular flexibility index (Phi) is 10.3. The van der Waals surface area contributed by atoms with E-state index in [1.807, 2.05) is 23.1 Å². The first-order chi connectivity index (χ1) is 14.0. The summed E-state index contributed by atoms with van der Waals surface area (Å²) in [7, 11) is 0. The van der Waals surface area contributed by atoms with E-state index in [9.17, 15) is 4.79 Å². The lowest BCUT2D eigenvalue weighted by Gasteiger charge is -2.45. The Bertz CT molecular complexity index is 877. The SMILES string of the molecule is CC(=O)N1CC(OCc2cc(Br)cc(Br)c2)C(N2CCNCC2)c2ccccc21.Cl.Cl. The molecular formula is C22H27Br2Cl2N3O2. The minimum absolute atomic E-state index is 0. The lowest BCUT2D eigenvalue weighted by Crippen LogP contribution is -2.54. The highest BCUT2D eigenvalue weighted by molar-refractivity contribution is 9.11. The number of hydrogen-bond acceptors (Lipinski definition) is 4. The van der Waals surface area contributed by atoms with Gasteiger partial charge in [-0.15, -0.1) is 24.8 Å². The number of fused-ring (bicyclic) bond motifs is 1. The molecule has 0 aliphatic carbocycles. The van der Waals surface area contributed by atoms with E-state index in [1.54, 1.807) is 6.92 Å². The van der Waals surface area contributed by atoms with Gasteiger partial charge < -0.3 is 15.0 Å². The highest BCUT2D eigenvalue weighted by Gasteiger charge is 2.39. The smallest absolute Gasteiger partial charge is 0.223 e. The number of benzene rings is 2. The van der Waals surface area contributed by atoms with E-state index in [0.717, 1.165) is 46.4 Å². The molecule has 0 aromatic heterocycles. The summed E-state index contributed by atoms with van der Waals surface area (Å²) in [6.07, 6.45) is -0.0929. The molecule has 31 heavy (non-hydrogen) atoms. The van der Waals surface area contributed by atoms with Crippen molar-refractivity contribution in [1.82, 2.24) is 10.2 Å². The molecule has 2 aromatic carbocycles. The molecule has 2 heterocycles. The van der Waals surface area contributed by atoms with E-state index in [0.29, 0.717) is 13.2 Å². The number of amides is 1. The van der Waals surface area contributed by atoms with Gasteiger partial charge in [-0.1, -0.05) is 50.1 Å². The summed E-state index contributed by atoms with van der Waals surface area (Å²) in [6.45, 7) is 6.59. The number of nitrogens with one attached hydrogen (secondary N) is 1. The maximum atomic E-state index is 12.4. The number of halogens is 4. The van der Waals surface area contributed by atoms with Crippen molar-refractivity contribution < 1.29 is 9.53 Å². The summed E-state index contributed by atoms with van der Waals surface area (Å²) in [5, 5.41) is 3.43. The van der Waals surface area contributed by atoms with Gasteiger partial charge in [-0.05, 0) is 35.4 Å². The molecule has 0 saturated carbocycles. The van der Waals surface area contributed by atoms with Crippen molar-refractivity contribution in [2.45, 2.75) is 25.7 Å². The Labute approximate surface area is 213 Å². The molecule has 1 fully saturated rings. The summed E-state index contributed by atoms with van der Waals surface area (Å²) in [6, 6.07) is 14.6. The van der Waals surface area contributed by atoms with Crippen molar-refractivity contribution in [3.8, 4) is 0 Å². The molecule has 5 nitrogen and oxygen atoms in total. The van der Waals surface area contributed by atoms with Gasteiger partial charge in [-0.2, -0.15) is 0 Å². The lowest BCUT2D eigenvalue weighted by molar-refractivity contribution is -0.117. The maximum absolute atomic E-state index is 12.4. The Morgan fingerprint density at radius 3 is 2.39 bits per heavy atom. The Hall–Kier alpha value is -0.670. The minimum atomic E-state index is -0.0929. The molecule has 2 aromatic rings.